The Morgan fingerprint density at radius 2 is 2.10 bits per heavy atom. The summed E-state index contributed by atoms with van der Waals surface area (Å²) in [7, 11) is 1.31. The maximum Gasteiger partial charge on any atom is 0.407 e. The number of carbonyl (C=O) groups is 2. The maximum atomic E-state index is 13.4. The van der Waals surface area contributed by atoms with Crippen LogP contribution in [0.15, 0.2) is 22.7 Å². The number of aryl methyl sites for hydroxylation is 2. The van der Waals surface area contributed by atoms with Crippen molar-refractivity contribution in [3.8, 4) is 11.3 Å². The van der Waals surface area contributed by atoms with E-state index in [1.54, 1.807) is 0 Å². The quantitative estimate of drug-likeness (QED) is 0.668. The fourth-order valence-corrected chi connectivity index (χ4v) is 5.05. The summed E-state index contributed by atoms with van der Waals surface area (Å²) in [5.74, 6) is 0.706. The summed E-state index contributed by atoms with van der Waals surface area (Å²) in [6, 6.07) is 5.62. The number of likely N-dealkylation sites (tertiary alicyclic amines) is 1. The molecule has 2 N–H and O–H groups in total. The van der Waals surface area contributed by atoms with Gasteiger partial charge in [0.05, 0.1) is 18.8 Å². The lowest BCUT2D eigenvalue weighted by Crippen LogP contribution is -2.51. The second kappa shape index (κ2) is 9.02. The first-order valence-electron chi connectivity index (χ1n) is 10.9. The number of benzene rings is 1. The standard InChI is InChI=1S/C23H29BrN4O3/c1-13(2)19(27-23(30)31-3)22(29)28-11-5-8-18(28)21-25-17-7-4-6-14-12-15(24)9-10-16(14)20(17)26-21/h9-10,12-13,18-19H,4-8,11H2,1-3H3,(H,25,26)(H,27,30)/t18-,19?/m0/s1. The minimum Gasteiger partial charge on any atom is -0.453 e. The first kappa shape index (κ1) is 21.9. The Kier molecular flexibility index (Phi) is 6.36. The molecule has 2 aromatic rings. The normalized spacial score (nSPS) is 18.9. The predicted octanol–water partition coefficient (Wildman–Crippen LogP) is 4.37. The fraction of sp³-hybridized carbons (Fsp3) is 0.522. The Hall–Kier alpha value is -2.35. The number of rotatable bonds is 4. The summed E-state index contributed by atoms with van der Waals surface area (Å²) < 4.78 is 5.80. The average molecular weight is 489 g/mol. The summed E-state index contributed by atoms with van der Waals surface area (Å²) in [6.07, 6.45) is 4.20. The second-order valence-electron chi connectivity index (χ2n) is 8.65. The van der Waals surface area contributed by atoms with E-state index in [2.05, 4.69) is 44.4 Å². The van der Waals surface area contributed by atoms with Crippen molar-refractivity contribution in [2.45, 2.75) is 58.0 Å². The number of hydrogen-bond acceptors (Lipinski definition) is 4. The lowest BCUT2D eigenvalue weighted by molar-refractivity contribution is -0.135. The highest BCUT2D eigenvalue weighted by Crippen LogP contribution is 2.37. The summed E-state index contributed by atoms with van der Waals surface area (Å²) >= 11 is 3.57. The molecule has 4 rings (SSSR count). The van der Waals surface area contributed by atoms with Crippen LogP contribution in [0.1, 0.15) is 56.2 Å². The van der Waals surface area contributed by atoms with Gasteiger partial charge in [-0.3, -0.25) is 4.79 Å². The molecule has 2 heterocycles. The number of methoxy groups -OCH3 is 1. The third-order valence-electron chi connectivity index (χ3n) is 6.24. The van der Waals surface area contributed by atoms with Gasteiger partial charge in [-0.25, -0.2) is 9.78 Å². The Labute approximate surface area is 191 Å². The van der Waals surface area contributed by atoms with E-state index in [0.29, 0.717) is 6.54 Å². The SMILES string of the molecule is COC(=O)NC(C(=O)N1CCC[C@H]1c1nc2c([nH]1)CCCc1cc(Br)ccc1-2)C(C)C. The van der Waals surface area contributed by atoms with Gasteiger partial charge in [-0.15, -0.1) is 0 Å². The smallest absolute Gasteiger partial charge is 0.407 e. The zero-order valence-corrected chi connectivity index (χ0v) is 19.8. The van der Waals surface area contributed by atoms with E-state index in [0.717, 1.165) is 53.8 Å². The van der Waals surface area contributed by atoms with Gasteiger partial charge in [0, 0.05) is 22.3 Å². The highest BCUT2D eigenvalue weighted by atomic mass is 79.9. The number of nitrogens with zero attached hydrogens (tertiary/aromatic N) is 2. The van der Waals surface area contributed by atoms with Gasteiger partial charge in [0.15, 0.2) is 0 Å². The first-order valence-corrected chi connectivity index (χ1v) is 11.7. The van der Waals surface area contributed by atoms with Gasteiger partial charge in [-0.05, 0) is 55.7 Å². The molecule has 2 amide bonds. The van der Waals surface area contributed by atoms with Gasteiger partial charge in [0.2, 0.25) is 5.91 Å². The molecule has 7 nitrogen and oxygen atoms in total. The predicted molar refractivity (Wildman–Crippen MR) is 122 cm³/mol. The summed E-state index contributed by atoms with van der Waals surface area (Å²) in [6.45, 7) is 4.51. The molecule has 0 bridgehead atoms. The minimum absolute atomic E-state index is 0.0495. The molecule has 8 heteroatoms. The van der Waals surface area contributed by atoms with Crippen LogP contribution < -0.4 is 5.32 Å². The number of imidazole rings is 1. The molecule has 1 aliphatic carbocycles. The molecule has 0 radical (unpaired) electrons. The highest BCUT2D eigenvalue weighted by Gasteiger charge is 2.38. The van der Waals surface area contributed by atoms with Crippen molar-refractivity contribution in [3.63, 3.8) is 0 Å². The Bertz CT molecular complexity index is 987. The lowest BCUT2D eigenvalue weighted by atomic mass is 10.0. The van der Waals surface area contributed by atoms with Crippen molar-refractivity contribution < 1.29 is 14.3 Å². The van der Waals surface area contributed by atoms with Crippen LogP contribution >= 0.6 is 15.9 Å². The van der Waals surface area contributed by atoms with Crippen molar-refractivity contribution >= 4 is 27.9 Å². The van der Waals surface area contributed by atoms with Crippen LogP contribution in [-0.2, 0) is 22.4 Å². The molecule has 1 aromatic heterocycles. The Morgan fingerprint density at radius 1 is 1.29 bits per heavy atom. The van der Waals surface area contributed by atoms with Crippen LogP contribution in [0.25, 0.3) is 11.3 Å². The van der Waals surface area contributed by atoms with Crippen LogP contribution in [0, 0.1) is 5.92 Å². The van der Waals surface area contributed by atoms with E-state index in [1.807, 2.05) is 18.7 Å². The van der Waals surface area contributed by atoms with E-state index in [9.17, 15) is 9.59 Å². The highest BCUT2D eigenvalue weighted by molar-refractivity contribution is 9.10. The zero-order chi connectivity index (χ0) is 22.1. The number of H-pyrrole nitrogens is 1. The number of nitrogens with one attached hydrogen (secondary N) is 2. The molecular formula is C23H29BrN4O3. The number of carbonyl (C=O) groups excluding carboxylic acids is 2. The number of alkyl carbamates (subject to hydrolysis) is 1. The van der Waals surface area contributed by atoms with Gasteiger partial charge in [-0.1, -0.05) is 35.8 Å². The molecule has 0 spiro atoms. The fourth-order valence-electron chi connectivity index (χ4n) is 4.64. The minimum atomic E-state index is -0.626. The number of aromatic amines is 1. The van der Waals surface area contributed by atoms with Crippen LogP contribution in [0.2, 0.25) is 0 Å². The largest absolute Gasteiger partial charge is 0.453 e. The van der Waals surface area contributed by atoms with Crippen molar-refractivity contribution in [2.75, 3.05) is 13.7 Å². The number of ether oxygens (including phenoxy) is 1. The maximum absolute atomic E-state index is 13.4. The van der Waals surface area contributed by atoms with E-state index >= 15 is 0 Å². The molecule has 0 saturated carbocycles. The zero-order valence-electron chi connectivity index (χ0n) is 18.2. The number of fused-ring (bicyclic) bond motifs is 3. The van der Waals surface area contributed by atoms with Crippen LogP contribution in [0.5, 0.6) is 0 Å². The number of aromatic nitrogens is 2. The van der Waals surface area contributed by atoms with E-state index in [-0.39, 0.29) is 17.9 Å². The third-order valence-corrected chi connectivity index (χ3v) is 6.73. The van der Waals surface area contributed by atoms with Crippen molar-refractivity contribution in [3.05, 3.63) is 39.8 Å². The number of hydrogen-bond donors (Lipinski definition) is 2. The second-order valence-corrected chi connectivity index (χ2v) is 9.57. The van der Waals surface area contributed by atoms with Crippen LogP contribution in [-0.4, -0.2) is 46.6 Å². The molecule has 1 fully saturated rings. The lowest BCUT2D eigenvalue weighted by Gasteiger charge is -2.30. The van der Waals surface area contributed by atoms with Crippen molar-refractivity contribution in [1.82, 2.24) is 20.2 Å². The molecule has 31 heavy (non-hydrogen) atoms. The van der Waals surface area contributed by atoms with Crippen LogP contribution in [0.4, 0.5) is 4.79 Å². The topological polar surface area (TPSA) is 87.3 Å². The molecule has 1 aromatic carbocycles. The Morgan fingerprint density at radius 3 is 2.84 bits per heavy atom. The van der Waals surface area contributed by atoms with Gasteiger partial charge < -0.3 is 19.9 Å². The molecule has 166 valence electrons. The molecule has 2 atom stereocenters. The summed E-state index contributed by atoms with van der Waals surface area (Å²) in [5, 5.41) is 2.70. The third kappa shape index (κ3) is 4.35. The monoisotopic (exact) mass is 488 g/mol. The first-order chi connectivity index (χ1) is 14.9. The van der Waals surface area contributed by atoms with E-state index < -0.39 is 12.1 Å². The van der Waals surface area contributed by atoms with Gasteiger partial charge in [-0.2, -0.15) is 0 Å². The van der Waals surface area contributed by atoms with Gasteiger partial charge in [0.1, 0.15) is 11.9 Å². The molecule has 1 unspecified atom stereocenters. The number of halogens is 1. The molecular weight excluding hydrogens is 460 g/mol. The average Bonchev–Trinajstić information content (AvgIpc) is 3.35. The van der Waals surface area contributed by atoms with Crippen molar-refractivity contribution in [2.24, 2.45) is 5.92 Å². The summed E-state index contributed by atoms with van der Waals surface area (Å²) in [4.78, 5) is 35.6. The molecule has 1 saturated heterocycles. The number of amides is 2. The van der Waals surface area contributed by atoms with Gasteiger partial charge >= 0.3 is 6.09 Å². The molecule has 1 aliphatic heterocycles. The molecule has 2 aliphatic rings. The van der Waals surface area contributed by atoms with Crippen LogP contribution in [0.3, 0.4) is 0 Å². The van der Waals surface area contributed by atoms with E-state index in [1.165, 1.54) is 18.2 Å². The van der Waals surface area contributed by atoms with Crippen molar-refractivity contribution in [1.29, 1.82) is 0 Å². The summed E-state index contributed by atoms with van der Waals surface area (Å²) in [5.41, 5.74) is 4.61. The van der Waals surface area contributed by atoms with Gasteiger partial charge in [0.25, 0.3) is 0 Å². The van der Waals surface area contributed by atoms with E-state index in [4.69, 9.17) is 9.72 Å². The Balaban J connectivity index is 1.63.